The van der Waals surface area contributed by atoms with Gasteiger partial charge in [-0.15, -0.1) is 0 Å². The Morgan fingerprint density at radius 2 is 1.96 bits per heavy atom. The molecule has 1 aromatic carbocycles. The van der Waals surface area contributed by atoms with Gasteiger partial charge in [-0.1, -0.05) is 24.8 Å². The number of furan rings is 1. The fraction of sp³-hybridized carbons (Fsp3) is 0.150. The van der Waals surface area contributed by atoms with Crippen molar-refractivity contribution in [3.63, 3.8) is 0 Å². The molecule has 0 spiro atoms. The van der Waals surface area contributed by atoms with Crippen LogP contribution in [0.5, 0.6) is 5.75 Å². The predicted octanol–water partition coefficient (Wildman–Crippen LogP) is 2.72. The molecule has 0 unspecified atom stereocenters. The smallest absolute Gasteiger partial charge is 0.373 e. The molecule has 1 aliphatic heterocycles. The lowest BCUT2D eigenvalue weighted by atomic mass is 10.2. The number of ether oxygens (including phenoxy) is 2. The summed E-state index contributed by atoms with van der Waals surface area (Å²) in [7, 11) is 1.23. The predicted molar refractivity (Wildman–Crippen MR) is 99.2 cm³/mol. The molecule has 1 aromatic heterocycles. The average molecular weight is 382 g/mol. The van der Waals surface area contributed by atoms with E-state index in [1.54, 1.807) is 36.4 Å². The molecule has 8 nitrogen and oxygen atoms in total. The molecular formula is C20H18N2O6. The van der Waals surface area contributed by atoms with Crippen LogP contribution >= 0.6 is 0 Å². The number of benzene rings is 1. The van der Waals surface area contributed by atoms with Gasteiger partial charge in [0.2, 0.25) is 5.76 Å². The minimum atomic E-state index is -0.635. The van der Waals surface area contributed by atoms with Gasteiger partial charge in [0, 0.05) is 0 Å². The molecule has 2 aromatic rings. The van der Waals surface area contributed by atoms with E-state index < -0.39 is 17.9 Å². The number of hydrogen-bond donors (Lipinski definition) is 1. The second kappa shape index (κ2) is 8.26. The average Bonchev–Trinajstić information content (AvgIpc) is 3.27. The molecule has 2 heterocycles. The molecular weight excluding hydrogens is 364 g/mol. The van der Waals surface area contributed by atoms with Crippen molar-refractivity contribution in [2.75, 3.05) is 13.7 Å². The van der Waals surface area contributed by atoms with Crippen LogP contribution in [0, 0.1) is 0 Å². The number of imide groups is 1. The highest BCUT2D eigenvalue weighted by Crippen LogP contribution is 2.20. The quantitative estimate of drug-likeness (QED) is 0.342. The number of carbonyl (C=O) groups excluding carboxylic acids is 3. The van der Waals surface area contributed by atoms with Crippen LogP contribution in [0.2, 0.25) is 0 Å². The second-order valence-corrected chi connectivity index (χ2v) is 5.81. The van der Waals surface area contributed by atoms with Crippen LogP contribution in [0.25, 0.3) is 6.08 Å². The monoisotopic (exact) mass is 382 g/mol. The molecule has 1 aliphatic rings. The fourth-order valence-electron chi connectivity index (χ4n) is 2.53. The number of esters is 1. The van der Waals surface area contributed by atoms with Gasteiger partial charge >= 0.3 is 12.0 Å². The number of urea groups is 1. The zero-order chi connectivity index (χ0) is 20.1. The Kier molecular flexibility index (Phi) is 5.59. The van der Waals surface area contributed by atoms with E-state index in [1.807, 2.05) is 0 Å². The third kappa shape index (κ3) is 4.12. The zero-order valence-corrected chi connectivity index (χ0v) is 15.1. The summed E-state index contributed by atoms with van der Waals surface area (Å²) in [4.78, 5) is 37.1. The van der Waals surface area contributed by atoms with Crippen molar-refractivity contribution in [2.24, 2.45) is 0 Å². The van der Waals surface area contributed by atoms with Gasteiger partial charge in [-0.2, -0.15) is 0 Å². The number of carbonyl (C=O) groups is 3. The van der Waals surface area contributed by atoms with Crippen LogP contribution in [-0.2, 0) is 16.1 Å². The van der Waals surface area contributed by atoms with Crippen LogP contribution in [0.1, 0.15) is 21.9 Å². The van der Waals surface area contributed by atoms with Crippen molar-refractivity contribution < 1.29 is 28.3 Å². The maximum atomic E-state index is 12.5. The lowest BCUT2D eigenvalue weighted by Gasteiger charge is -2.09. The van der Waals surface area contributed by atoms with Crippen molar-refractivity contribution in [3.8, 4) is 5.75 Å². The maximum absolute atomic E-state index is 12.5. The highest BCUT2D eigenvalue weighted by atomic mass is 16.5. The van der Waals surface area contributed by atoms with Gasteiger partial charge < -0.3 is 19.2 Å². The molecule has 0 aliphatic carbocycles. The van der Waals surface area contributed by atoms with E-state index >= 15 is 0 Å². The van der Waals surface area contributed by atoms with Crippen LogP contribution in [0.15, 0.2) is 59.2 Å². The van der Waals surface area contributed by atoms with E-state index in [9.17, 15) is 14.4 Å². The molecule has 0 radical (unpaired) electrons. The Labute approximate surface area is 161 Å². The maximum Gasteiger partial charge on any atom is 0.373 e. The standard InChI is InChI=1S/C20H18N2O6/c1-3-10-27-14-6-4-13(5-7-14)11-16-18(23)22(20(25)21-16)12-15-8-9-17(28-15)19(24)26-2/h3-9,11H,1,10,12H2,2H3,(H,21,25). The van der Waals surface area contributed by atoms with Crippen LogP contribution < -0.4 is 10.1 Å². The number of nitrogens with one attached hydrogen (secondary N) is 1. The van der Waals surface area contributed by atoms with Gasteiger partial charge in [-0.25, -0.2) is 9.59 Å². The summed E-state index contributed by atoms with van der Waals surface area (Å²) in [5.41, 5.74) is 0.868. The number of amides is 3. The molecule has 3 rings (SSSR count). The normalized spacial score (nSPS) is 14.9. The van der Waals surface area contributed by atoms with Gasteiger partial charge in [-0.3, -0.25) is 9.69 Å². The van der Waals surface area contributed by atoms with E-state index in [4.69, 9.17) is 9.15 Å². The summed E-state index contributed by atoms with van der Waals surface area (Å²) in [6.45, 7) is 3.88. The molecule has 144 valence electrons. The largest absolute Gasteiger partial charge is 0.490 e. The topological polar surface area (TPSA) is 98.1 Å². The van der Waals surface area contributed by atoms with Gasteiger partial charge in [0.15, 0.2) is 0 Å². The molecule has 0 atom stereocenters. The van der Waals surface area contributed by atoms with Gasteiger partial charge in [0.25, 0.3) is 5.91 Å². The Hall–Kier alpha value is -3.81. The van der Waals surface area contributed by atoms with Crippen LogP contribution in [0.3, 0.4) is 0 Å². The third-order valence-corrected chi connectivity index (χ3v) is 3.88. The summed E-state index contributed by atoms with van der Waals surface area (Å²) in [5.74, 6) is -0.171. The van der Waals surface area contributed by atoms with E-state index in [2.05, 4.69) is 16.6 Å². The van der Waals surface area contributed by atoms with E-state index in [1.165, 1.54) is 19.2 Å². The summed E-state index contributed by atoms with van der Waals surface area (Å²) in [5, 5.41) is 2.53. The lowest BCUT2D eigenvalue weighted by molar-refractivity contribution is -0.123. The molecule has 1 N–H and O–H groups in total. The number of methoxy groups -OCH3 is 1. The SMILES string of the molecule is C=CCOc1ccc(C=C2NC(=O)N(Cc3ccc(C(=O)OC)o3)C2=O)cc1. The second-order valence-electron chi connectivity index (χ2n) is 5.81. The third-order valence-electron chi connectivity index (χ3n) is 3.88. The Morgan fingerprint density at radius 1 is 1.21 bits per heavy atom. The number of rotatable bonds is 7. The minimum Gasteiger partial charge on any atom is -0.490 e. The molecule has 28 heavy (non-hydrogen) atoms. The van der Waals surface area contributed by atoms with Gasteiger partial charge in [0.1, 0.15) is 23.8 Å². The fourth-order valence-corrected chi connectivity index (χ4v) is 2.53. The summed E-state index contributed by atoms with van der Waals surface area (Å²) in [6, 6.07) is 9.41. The van der Waals surface area contributed by atoms with Gasteiger partial charge in [-0.05, 0) is 35.9 Å². The molecule has 1 fully saturated rings. The van der Waals surface area contributed by atoms with Crippen LogP contribution in [0.4, 0.5) is 4.79 Å². The summed E-state index contributed by atoms with van der Waals surface area (Å²) >= 11 is 0. The lowest BCUT2D eigenvalue weighted by Crippen LogP contribution is -2.30. The Bertz CT molecular complexity index is 942. The van der Waals surface area contributed by atoms with Crippen molar-refractivity contribution in [1.82, 2.24) is 10.2 Å². The molecule has 0 saturated carbocycles. The first-order chi connectivity index (χ1) is 13.5. The van der Waals surface area contributed by atoms with Crippen molar-refractivity contribution >= 4 is 24.0 Å². The van der Waals surface area contributed by atoms with Crippen molar-refractivity contribution in [2.45, 2.75) is 6.54 Å². The first kappa shape index (κ1) is 19.0. The first-order valence-electron chi connectivity index (χ1n) is 8.37. The van der Waals surface area contributed by atoms with Crippen LogP contribution in [-0.4, -0.2) is 36.5 Å². The molecule has 1 saturated heterocycles. The highest BCUT2D eigenvalue weighted by molar-refractivity contribution is 6.13. The Balaban J connectivity index is 1.70. The van der Waals surface area contributed by atoms with Crippen molar-refractivity contribution in [3.05, 3.63) is 71.8 Å². The Morgan fingerprint density at radius 3 is 2.64 bits per heavy atom. The number of nitrogens with zero attached hydrogens (tertiary/aromatic N) is 1. The van der Waals surface area contributed by atoms with Crippen molar-refractivity contribution in [1.29, 1.82) is 0 Å². The number of hydrogen-bond acceptors (Lipinski definition) is 6. The molecule has 3 amide bonds. The molecule has 8 heteroatoms. The first-order valence-corrected chi connectivity index (χ1v) is 8.37. The zero-order valence-electron chi connectivity index (χ0n) is 15.1. The van der Waals surface area contributed by atoms with E-state index in [0.29, 0.717) is 12.4 Å². The summed E-state index contributed by atoms with van der Waals surface area (Å²) < 4.78 is 15.3. The van der Waals surface area contributed by atoms with E-state index in [-0.39, 0.29) is 23.8 Å². The summed E-state index contributed by atoms with van der Waals surface area (Å²) in [6.07, 6.45) is 3.21. The van der Waals surface area contributed by atoms with E-state index in [0.717, 1.165) is 10.5 Å². The van der Waals surface area contributed by atoms with Gasteiger partial charge in [0.05, 0.1) is 13.7 Å². The highest BCUT2D eigenvalue weighted by Gasteiger charge is 2.34. The minimum absolute atomic E-state index is 0.000849. The molecule has 0 bridgehead atoms.